The zero-order valence-corrected chi connectivity index (χ0v) is 17.1. The van der Waals surface area contributed by atoms with Gasteiger partial charge in [0.15, 0.2) is 0 Å². The van der Waals surface area contributed by atoms with Crippen molar-refractivity contribution >= 4 is 27.9 Å². The average Bonchev–Trinajstić information content (AvgIpc) is 3.17. The predicted octanol–water partition coefficient (Wildman–Crippen LogP) is 2.52. The van der Waals surface area contributed by atoms with Crippen LogP contribution in [0, 0.1) is 0 Å². The van der Waals surface area contributed by atoms with Gasteiger partial charge in [-0.3, -0.25) is 9.80 Å². The van der Waals surface area contributed by atoms with Crippen LogP contribution in [-0.4, -0.2) is 65.2 Å². The molecule has 1 aliphatic heterocycles. The minimum absolute atomic E-state index is 0.904. The number of nitrogens with zero attached hydrogens (tertiary/aromatic N) is 2. The maximum Gasteiger partial charge on any atom is 0.414 e. The zero-order chi connectivity index (χ0) is 20.5. The molecule has 0 radical (unpaired) electrons. The standard InChI is InChI=1S/C17H21BrN2O2.C2H2O4/c1-21-17-5-4-15(18)11-14(17)12-19-6-8-20(9-7-19)13-16-3-2-10-22-16;3-1(4)2(5)6/h2-5,10-11H,6-9,12-13H2,1H3;(H,3,4)(H,5,6). The van der Waals surface area contributed by atoms with E-state index in [-0.39, 0.29) is 0 Å². The number of rotatable bonds is 5. The summed E-state index contributed by atoms with van der Waals surface area (Å²) in [5, 5.41) is 14.8. The van der Waals surface area contributed by atoms with E-state index in [1.54, 1.807) is 13.4 Å². The van der Waals surface area contributed by atoms with Gasteiger partial charge in [-0.1, -0.05) is 15.9 Å². The summed E-state index contributed by atoms with van der Waals surface area (Å²) in [6.45, 7) is 6.10. The second-order valence-electron chi connectivity index (χ2n) is 6.20. The van der Waals surface area contributed by atoms with Crippen LogP contribution in [0.25, 0.3) is 0 Å². The number of benzene rings is 1. The number of carboxylic acid groups (broad SMARTS) is 2. The summed E-state index contributed by atoms with van der Waals surface area (Å²) < 4.78 is 12.0. The predicted molar refractivity (Wildman–Crippen MR) is 105 cm³/mol. The number of methoxy groups -OCH3 is 1. The average molecular weight is 455 g/mol. The van der Waals surface area contributed by atoms with Gasteiger partial charge in [-0.15, -0.1) is 0 Å². The molecule has 1 saturated heterocycles. The van der Waals surface area contributed by atoms with Crippen LogP contribution >= 0.6 is 15.9 Å². The first-order valence-electron chi connectivity index (χ1n) is 8.64. The van der Waals surface area contributed by atoms with Gasteiger partial charge < -0.3 is 19.4 Å². The van der Waals surface area contributed by atoms with Crippen LogP contribution in [0.4, 0.5) is 0 Å². The second kappa shape index (κ2) is 10.8. The number of hydrogen-bond donors (Lipinski definition) is 2. The van der Waals surface area contributed by atoms with Gasteiger partial charge in [-0.25, -0.2) is 9.59 Å². The number of furan rings is 1. The van der Waals surface area contributed by atoms with Crippen LogP contribution in [0.15, 0.2) is 45.5 Å². The molecule has 2 aromatic rings. The first-order chi connectivity index (χ1) is 13.4. The Kier molecular flexibility index (Phi) is 8.49. The van der Waals surface area contributed by atoms with Crippen molar-refractivity contribution in [2.75, 3.05) is 33.3 Å². The molecule has 1 aromatic carbocycles. The Morgan fingerprint density at radius 1 is 1.07 bits per heavy atom. The number of aliphatic carboxylic acids is 2. The summed E-state index contributed by atoms with van der Waals surface area (Å²) in [4.78, 5) is 23.1. The van der Waals surface area contributed by atoms with Crippen molar-refractivity contribution in [2.45, 2.75) is 13.1 Å². The quantitative estimate of drug-likeness (QED) is 0.664. The molecule has 0 spiro atoms. The number of hydrogen-bond acceptors (Lipinski definition) is 6. The van der Waals surface area contributed by atoms with Crippen LogP contribution in [0.3, 0.4) is 0 Å². The van der Waals surface area contributed by atoms with Crippen LogP contribution in [0.2, 0.25) is 0 Å². The van der Waals surface area contributed by atoms with Crippen molar-refractivity contribution in [1.29, 1.82) is 0 Å². The van der Waals surface area contributed by atoms with Crippen molar-refractivity contribution in [3.8, 4) is 5.75 Å². The SMILES string of the molecule is COc1ccc(Br)cc1CN1CCN(Cc2ccco2)CC1.O=C(O)C(=O)O. The monoisotopic (exact) mass is 454 g/mol. The Bertz CT molecular complexity index is 761. The third kappa shape index (κ3) is 6.99. The normalized spacial score (nSPS) is 14.8. The number of carbonyl (C=O) groups is 2. The third-order valence-electron chi connectivity index (χ3n) is 4.24. The van der Waals surface area contributed by atoms with Gasteiger partial charge in [-0.2, -0.15) is 0 Å². The van der Waals surface area contributed by atoms with E-state index in [1.807, 2.05) is 24.3 Å². The molecule has 0 saturated carbocycles. The highest BCUT2D eigenvalue weighted by Crippen LogP contribution is 2.24. The molecule has 0 bridgehead atoms. The van der Waals surface area contributed by atoms with Gasteiger partial charge in [0.25, 0.3) is 0 Å². The Hall–Kier alpha value is -2.36. The largest absolute Gasteiger partial charge is 0.496 e. The minimum atomic E-state index is -1.82. The molecule has 9 heteroatoms. The smallest absolute Gasteiger partial charge is 0.414 e. The summed E-state index contributed by atoms with van der Waals surface area (Å²) in [7, 11) is 1.73. The van der Waals surface area contributed by atoms with Crippen LogP contribution in [-0.2, 0) is 22.7 Å². The molecule has 0 atom stereocenters. The molecule has 1 fully saturated rings. The molecular formula is C19H23BrN2O6. The van der Waals surface area contributed by atoms with Crippen LogP contribution < -0.4 is 4.74 Å². The summed E-state index contributed by atoms with van der Waals surface area (Å²) in [6.07, 6.45) is 1.74. The fourth-order valence-electron chi connectivity index (χ4n) is 2.84. The van der Waals surface area contributed by atoms with Gasteiger partial charge in [0.1, 0.15) is 11.5 Å². The highest BCUT2D eigenvalue weighted by Gasteiger charge is 2.19. The molecule has 1 aromatic heterocycles. The molecule has 3 rings (SSSR count). The summed E-state index contributed by atoms with van der Waals surface area (Å²) in [6, 6.07) is 10.2. The highest BCUT2D eigenvalue weighted by atomic mass is 79.9. The lowest BCUT2D eigenvalue weighted by Gasteiger charge is -2.34. The number of carboxylic acids is 2. The summed E-state index contributed by atoms with van der Waals surface area (Å²) in [5.74, 6) is -1.65. The molecule has 1 aliphatic rings. The zero-order valence-electron chi connectivity index (χ0n) is 15.5. The van der Waals surface area contributed by atoms with Crippen molar-refractivity contribution in [3.63, 3.8) is 0 Å². The van der Waals surface area contributed by atoms with E-state index in [0.717, 1.165) is 55.3 Å². The Labute approximate surface area is 171 Å². The minimum Gasteiger partial charge on any atom is -0.496 e. The lowest BCUT2D eigenvalue weighted by molar-refractivity contribution is -0.159. The molecule has 0 unspecified atom stereocenters. The van der Waals surface area contributed by atoms with E-state index in [0.29, 0.717) is 0 Å². The maximum atomic E-state index is 9.10. The first kappa shape index (κ1) is 21.9. The van der Waals surface area contributed by atoms with E-state index in [4.69, 9.17) is 29.0 Å². The Morgan fingerprint density at radius 2 is 1.68 bits per heavy atom. The maximum absolute atomic E-state index is 9.10. The molecule has 2 N–H and O–H groups in total. The Balaban J connectivity index is 0.000000409. The molecule has 0 amide bonds. The fourth-order valence-corrected chi connectivity index (χ4v) is 3.25. The molecular weight excluding hydrogens is 432 g/mol. The highest BCUT2D eigenvalue weighted by molar-refractivity contribution is 9.10. The summed E-state index contributed by atoms with van der Waals surface area (Å²) in [5.41, 5.74) is 1.23. The van der Waals surface area contributed by atoms with Gasteiger partial charge in [-0.05, 0) is 30.3 Å². The van der Waals surface area contributed by atoms with E-state index >= 15 is 0 Å². The molecule has 8 nitrogen and oxygen atoms in total. The van der Waals surface area contributed by atoms with Crippen molar-refractivity contribution in [1.82, 2.24) is 9.80 Å². The van der Waals surface area contributed by atoms with E-state index in [9.17, 15) is 0 Å². The lowest BCUT2D eigenvalue weighted by Crippen LogP contribution is -2.45. The molecule has 0 aliphatic carbocycles. The molecule has 2 heterocycles. The van der Waals surface area contributed by atoms with E-state index in [2.05, 4.69) is 31.8 Å². The van der Waals surface area contributed by atoms with E-state index < -0.39 is 11.9 Å². The van der Waals surface area contributed by atoms with Crippen molar-refractivity contribution in [3.05, 3.63) is 52.4 Å². The van der Waals surface area contributed by atoms with E-state index in [1.165, 1.54) is 5.56 Å². The van der Waals surface area contributed by atoms with Crippen molar-refractivity contribution in [2.24, 2.45) is 0 Å². The molecule has 28 heavy (non-hydrogen) atoms. The second-order valence-corrected chi connectivity index (χ2v) is 7.11. The van der Waals surface area contributed by atoms with Crippen LogP contribution in [0.1, 0.15) is 11.3 Å². The van der Waals surface area contributed by atoms with Gasteiger partial charge in [0, 0.05) is 42.8 Å². The third-order valence-corrected chi connectivity index (χ3v) is 4.74. The van der Waals surface area contributed by atoms with Crippen LogP contribution in [0.5, 0.6) is 5.75 Å². The number of ether oxygens (including phenoxy) is 1. The van der Waals surface area contributed by atoms with Gasteiger partial charge >= 0.3 is 11.9 Å². The van der Waals surface area contributed by atoms with Gasteiger partial charge in [0.2, 0.25) is 0 Å². The van der Waals surface area contributed by atoms with Crippen molar-refractivity contribution < 1.29 is 29.0 Å². The first-order valence-corrected chi connectivity index (χ1v) is 9.44. The summed E-state index contributed by atoms with van der Waals surface area (Å²) >= 11 is 3.54. The molecule has 152 valence electrons. The Morgan fingerprint density at radius 3 is 2.18 bits per heavy atom. The number of piperazine rings is 1. The fraction of sp³-hybridized carbons (Fsp3) is 0.368. The lowest BCUT2D eigenvalue weighted by atomic mass is 10.1. The number of halogens is 1. The topological polar surface area (TPSA) is 103 Å². The van der Waals surface area contributed by atoms with Gasteiger partial charge in [0.05, 0.1) is 19.9 Å².